The standard InChI is InChI=1S/C15H22FN3O2/c1-11(17)15(20)18-10-14(19-6-8-21-9-7-19)12-2-4-13(16)5-3-12/h2-5,11,14H,6-10,17H2,1H3,(H,18,20)/t11-,14?/m1/s1. The Kier molecular flexibility index (Phi) is 5.67. The molecule has 1 fully saturated rings. The molecule has 1 aliphatic heterocycles. The Morgan fingerprint density at radius 1 is 1.38 bits per heavy atom. The molecule has 0 radical (unpaired) electrons. The van der Waals surface area contributed by atoms with Crippen molar-refractivity contribution in [2.45, 2.75) is 19.0 Å². The third-order valence-electron chi connectivity index (χ3n) is 3.62. The number of halogens is 1. The Bertz CT molecular complexity index is 458. The zero-order valence-corrected chi connectivity index (χ0v) is 12.2. The maximum atomic E-state index is 13.1. The third kappa shape index (κ3) is 4.49. The number of ether oxygens (including phenoxy) is 1. The van der Waals surface area contributed by atoms with Crippen LogP contribution in [0.15, 0.2) is 24.3 Å². The zero-order chi connectivity index (χ0) is 15.2. The summed E-state index contributed by atoms with van der Waals surface area (Å²) in [6.45, 7) is 5.01. The summed E-state index contributed by atoms with van der Waals surface area (Å²) < 4.78 is 18.5. The lowest BCUT2D eigenvalue weighted by atomic mass is 10.0. The van der Waals surface area contributed by atoms with Crippen LogP contribution in [0.3, 0.4) is 0 Å². The summed E-state index contributed by atoms with van der Waals surface area (Å²) in [5.41, 5.74) is 6.54. The van der Waals surface area contributed by atoms with Gasteiger partial charge in [0.1, 0.15) is 5.82 Å². The van der Waals surface area contributed by atoms with Crippen LogP contribution < -0.4 is 11.1 Å². The number of carbonyl (C=O) groups excluding carboxylic acids is 1. The van der Waals surface area contributed by atoms with Crippen LogP contribution in [-0.2, 0) is 9.53 Å². The van der Waals surface area contributed by atoms with Gasteiger partial charge in [0.2, 0.25) is 5.91 Å². The Balaban J connectivity index is 2.09. The van der Waals surface area contributed by atoms with Crippen LogP contribution in [0.1, 0.15) is 18.5 Å². The van der Waals surface area contributed by atoms with Crippen LogP contribution in [-0.4, -0.2) is 49.7 Å². The molecule has 0 bridgehead atoms. The molecule has 5 nitrogen and oxygen atoms in total. The van der Waals surface area contributed by atoms with E-state index in [4.69, 9.17) is 10.5 Å². The SMILES string of the molecule is C[C@@H](N)C(=O)NCC(c1ccc(F)cc1)N1CCOCC1. The number of benzene rings is 1. The molecule has 1 saturated heterocycles. The molecule has 3 N–H and O–H groups in total. The van der Waals surface area contributed by atoms with Crippen molar-refractivity contribution in [3.8, 4) is 0 Å². The van der Waals surface area contributed by atoms with Gasteiger partial charge in [-0.15, -0.1) is 0 Å². The molecule has 2 atom stereocenters. The molecule has 2 rings (SSSR count). The van der Waals surface area contributed by atoms with Gasteiger partial charge in [0.05, 0.1) is 25.3 Å². The van der Waals surface area contributed by atoms with E-state index in [1.54, 1.807) is 19.1 Å². The normalized spacial score (nSPS) is 19.0. The van der Waals surface area contributed by atoms with E-state index >= 15 is 0 Å². The minimum Gasteiger partial charge on any atom is -0.379 e. The highest BCUT2D eigenvalue weighted by Gasteiger charge is 2.23. The monoisotopic (exact) mass is 295 g/mol. The van der Waals surface area contributed by atoms with Crippen LogP contribution in [0.5, 0.6) is 0 Å². The first kappa shape index (κ1) is 15.9. The van der Waals surface area contributed by atoms with Crippen molar-refractivity contribution >= 4 is 5.91 Å². The summed E-state index contributed by atoms with van der Waals surface area (Å²) in [5, 5.41) is 2.85. The van der Waals surface area contributed by atoms with Gasteiger partial charge in [0.15, 0.2) is 0 Å². The summed E-state index contributed by atoms with van der Waals surface area (Å²) in [6.07, 6.45) is 0. The second-order valence-electron chi connectivity index (χ2n) is 5.25. The molecule has 1 heterocycles. The van der Waals surface area contributed by atoms with E-state index in [1.807, 2.05) is 0 Å². The highest BCUT2D eigenvalue weighted by Crippen LogP contribution is 2.21. The lowest BCUT2D eigenvalue weighted by molar-refractivity contribution is -0.122. The maximum absolute atomic E-state index is 13.1. The molecule has 1 aromatic rings. The predicted molar refractivity (Wildman–Crippen MR) is 78.2 cm³/mol. The Morgan fingerprint density at radius 3 is 2.57 bits per heavy atom. The molecular weight excluding hydrogens is 273 g/mol. The Labute approximate surface area is 124 Å². The molecule has 0 saturated carbocycles. The van der Waals surface area contributed by atoms with Gasteiger partial charge >= 0.3 is 0 Å². The number of rotatable bonds is 5. The van der Waals surface area contributed by atoms with Crippen molar-refractivity contribution < 1.29 is 13.9 Å². The predicted octanol–water partition coefficient (Wildman–Crippen LogP) is 0.662. The second kappa shape index (κ2) is 7.49. The first-order valence-corrected chi connectivity index (χ1v) is 7.18. The number of nitrogens with zero attached hydrogens (tertiary/aromatic N) is 1. The van der Waals surface area contributed by atoms with E-state index < -0.39 is 6.04 Å². The lowest BCUT2D eigenvalue weighted by Gasteiger charge is -2.35. The molecule has 6 heteroatoms. The maximum Gasteiger partial charge on any atom is 0.236 e. The highest BCUT2D eigenvalue weighted by molar-refractivity contribution is 5.80. The smallest absolute Gasteiger partial charge is 0.236 e. The van der Waals surface area contributed by atoms with Crippen LogP contribution >= 0.6 is 0 Å². The molecule has 1 unspecified atom stereocenters. The van der Waals surface area contributed by atoms with E-state index in [1.165, 1.54) is 12.1 Å². The summed E-state index contributed by atoms with van der Waals surface area (Å²) in [7, 11) is 0. The van der Waals surface area contributed by atoms with Gasteiger partial charge in [-0.25, -0.2) is 4.39 Å². The largest absolute Gasteiger partial charge is 0.379 e. The lowest BCUT2D eigenvalue weighted by Crippen LogP contribution is -2.46. The number of hydrogen-bond donors (Lipinski definition) is 2. The molecule has 0 aliphatic carbocycles. The highest BCUT2D eigenvalue weighted by atomic mass is 19.1. The minimum atomic E-state index is -0.538. The van der Waals surface area contributed by atoms with Gasteiger partial charge in [-0.3, -0.25) is 9.69 Å². The first-order chi connectivity index (χ1) is 10.1. The number of carbonyl (C=O) groups is 1. The fourth-order valence-corrected chi connectivity index (χ4v) is 2.39. The van der Waals surface area contributed by atoms with Gasteiger partial charge in [0.25, 0.3) is 0 Å². The molecule has 21 heavy (non-hydrogen) atoms. The number of nitrogens with two attached hydrogens (primary N) is 1. The van der Waals surface area contributed by atoms with Crippen LogP contribution in [0.2, 0.25) is 0 Å². The molecule has 1 aromatic carbocycles. The van der Waals surface area contributed by atoms with Gasteiger partial charge in [-0.1, -0.05) is 12.1 Å². The molecule has 0 aromatic heterocycles. The van der Waals surface area contributed by atoms with Gasteiger partial charge in [-0.2, -0.15) is 0 Å². The third-order valence-corrected chi connectivity index (χ3v) is 3.62. The van der Waals surface area contributed by atoms with Crippen molar-refractivity contribution in [1.29, 1.82) is 0 Å². The van der Waals surface area contributed by atoms with Gasteiger partial charge < -0.3 is 15.8 Å². The zero-order valence-electron chi connectivity index (χ0n) is 12.2. The molecule has 0 spiro atoms. The first-order valence-electron chi connectivity index (χ1n) is 7.18. The fraction of sp³-hybridized carbons (Fsp3) is 0.533. The number of hydrogen-bond acceptors (Lipinski definition) is 4. The van der Waals surface area contributed by atoms with Gasteiger partial charge in [0, 0.05) is 19.6 Å². The Hall–Kier alpha value is -1.50. The van der Waals surface area contributed by atoms with Crippen LogP contribution in [0, 0.1) is 5.82 Å². The number of amides is 1. The topological polar surface area (TPSA) is 67.6 Å². The Morgan fingerprint density at radius 2 is 2.00 bits per heavy atom. The summed E-state index contributed by atoms with van der Waals surface area (Å²) in [4.78, 5) is 13.9. The second-order valence-corrected chi connectivity index (χ2v) is 5.25. The quantitative estimate of drug-likeness (QED) is 0.837. The average Bonchev–Trinajstić information content (AvgIpc) is 2.50. The number of nitrogens with one attached hydrogen (secondary N) is 1. The van der Waals surface area contributed by atoms with Crippen molar-refractivity contribution in [2.75, 3.05) is 32.8 Å². The van der Waals surface area contributed by atoms with Crippen molar-refractivity contribution in [3.05, 3.63) is 35.6 Å². The average molecular weight is 295 g/mol. The van der Waals surface area contributed by atoms with E-state index in [0.29, 0.717) is 19.8 Å². The summed E-state index contributed by atoms with van der Waals surface area (Å²) >= 11 is 0. The van der Waals surface area contributed by atoms with Gasteiger partial charge in [-0.05, 0) is 24.6 Å². The van der Waals surface area contributed by atoms with Crippen molar-refractivity contribution in [1.82, 2.24) is 10.2 Å². The molecule has 1 aliphatic rings. The van der Waals surface area contributed by atoms with E-state index in [9.17, 15) is 9.18 Å². The summed E-state index contributed by atoms with van der Waals surface area (Å²) in [6, 6.07) is 5.86. The van der Waals surface area contributed by atoms with E-state index in [-0.39, 0.29) is 17.8 Å². The van der Waals surface area contributed by atoms with Crippen molar-refractivity contribution in [2.24, 2.45) is 5.73 Å². The molecule has 1 amide bonds. The van der Waals surface area contributed by atoms with E-state index in [0.717, 1.165) is 18.7 Å². The summed E-state index contributed by atoms with van der Waals surface area (Å²) in [5.74, 6) is -0.450. The minimum absolute atomic E-state index is 0.00259. The van der Waals surface area contributed by atoms with E-state index in [2.05, 4.69) is 10.2 Å². The van der Waals surface area contributed by atoms with Crippen molar-refractivity contribution in [3.63, 3.8) is 0 Å². The van der Waals surface area contributed by atoms with Crippen LogP contribution in [0.25, 0.3) is 0 Å². The number of morpholine rings is 1. The fourth-order valence-electron chi connectivity index (χ4n) is 2.39. The molecular formula is C15H22FN3O2. The molecule has 116 valence electrons. The van der Waals surface area contributed by atoms with Crippen LogP contribution in [0.4, 0.5) is 4.39 Å².